The fourth-order valence-corrected chi connectivity index (χ4v) is 5.62. The van der Waals surface area contributed by atoms with Gasteiger partial charge in [-0.15, -0.1) is 0 Å². The fourth-order valence-electron chi connectivity index (χ4n) is 5.62. The predicted octanol–water partition coefficient (Wildman–Crippen LogP) is 3.64. The maximum absolute atomic E-state index is 12.3. The van der Waals surface area contributed by atoms with Gasteiger partial charge in [0.1, 0.15) is 0 Å². The summed E-state index contributed by atoms with van der Waals surface area (Å²) in [5, 5.41) is 3.22. The summed E-state index contributed by atoms with van der Waals surface area (Å²) in [6, 6.07) is 7.87. The summed E-state index contributed by atoms with van der Waals surface area (Å²) >= 11 is 0. The van der Waals surface area contributed by atoms with Gasteiger partial charge in [-0.25, -0.2) is 4.79 Å². The Bertz CT molecular complexity index is 684. The molecular formula is C22H27NO3. The number of benzene rings is 1. The van der Waals surface area contributed by atoms with Crippen LogP contribution in [0.3, 0.4) is 0 Å². The Labute approximate surface area is 155 Å². The van der Waals surface area contributed by atoms with Crippen LogP contribution in [0.2, 0.25) is 0 Å². The molecule has 4 nitrogen and oxygen atoms in total. The average Bonchev–Trinajstić information content (AvgIpc) is 2.58. The lowest BCUT2D eigenvalue weighted by Gasteiger charge is -2.56. The zero-order valence-electron chi connectivity index (χ0n) is 15.4. The Hall–Kier alpha value is -2.10. The normalized spacial score (nSPS) is 32.0. The van der Waals surface area contributed by atoms with E-state index in [9.17, 15) is 9.59 Å². The largest absolute Gasteiger partial charge is 0.452 e. The van der Waals surface area contributed by atoms with Crippen molar-refractivity contribution >= 4 is 18.0 Å². The Morgan fingerprint density at radius 2 is 1.65 bits per heavy atom. The minimum Gasteiger partial charge on any atom is -0.452 e. The highest BCUT2D eigenvalue weighted by Gasteiger charge is 2.51. The second-order valence-electron chi connectivity index (χ2n) is 8.60. The van der Waals surface area contributed by atoms with Gasteiger partial charge in [0.25, 0.3) is 5.91 Å². The van der Waals surface area contributed by atoms with Crippen LogP contribution in [0.4, 0.5) is 0 Å². The SMILES string of the molecule is Cc1ccc(/C=C/C(=O)OCC(=O)NC23CC4CC(CC(C4)C2)C3)cc1. The molecule has 0 aliphatic heterocycles. The van der Waals surface area contributed by atoms with Crippen LogP contribution in [0, 0.1) is 24.7 Å². The quantitative estimate of drug-likeness (QED) is 0.649. The van der Waals surface area contributed by atoms with Crippen LogP contribution >= 0.6 is 0 Å². The Kier molecular flexibility index (Phi) is 4.60. The Balaban J connectivity index is 1.26. The number of carbonyl (C=O) groups is 2. The van der Waals surface area contributed by atoms with Gasteiger partial charge in [-0.2, -0.15) is 0 Å². The number of esters is 1. The van der Waals surface area contributed by atoms with Crippen molar-refractivity contribution in [3.05, 3.63) is 41.5 Å². The molecule has 4 bridgehead atoms. The fraction of sp³-hybridized carbons (Fsp3) is 0.545. The molecule has 0 heterocycles. The van der Waals surface area contributed by atoms with E-state index in [1.54, 1.807) is 6.08 Å². The number of rotatable bonds is 5. The number of ether oxygens (including phenoxy) is 1. The minimum atomic E-state index is -0.480. The molecule has 0 radical (unpaired) electrons. The number of carbonyl (C=O) groups excluding carboxylic acids is 2. The van der Waals surface area contributed by atoms with Crippen molar-refractivity contribution in [3.63, 3.8) is 0 Å². The standard InChI is InChI=1S/C22H27NO3/c1-15-2-4-16(5-3-15)6-7-21(25)26-14-20(24)23-22-11-17-8-18(12-22)10-19(9-17)13-22/h2-7,17-19H,8-14H2,1H3,(H,23,24)/b7-6+. The van der Waals surface area contributed by atoms with Crippen molar-refractivity contribution in [2.24, 2.45) is 17.8 Å². The van der Waals surface area contributed by atoms with Gasteiger partial charge in [0.15, 0.2) is 6.61 Å². The van der Waals surface area contributed by atoms with Gasteiger partial charge in [0.05, 0.1) is 0 Å². The van der Waals surface area contributed by atoms with Gasteiger partial charge in [-0.05, 0) is 74.8 Å². The highest BCUT2D eigenvalue weighted by Crippen LogP contribution is 2.55. The van der Waals surface area contributed by atoms with Crippen molar-refractivity contribution in [1.82, 2.24) is 5.32 Å². The van der Waals surface area contributed by atoms with E-state index in [2.05, 4.69) is 5.32 Å². The van der Waals surface area contributed by atoms with Crippen molar-refractivity contribution in [2.75, 3.05) is 6.61 Å². The van der Waals surface area contributed by atoms with Crippen LogP contribution in [-0.4, -0.2) is 24.0 Å². The van der Waals surface area contributed by atoms with E-state index in [0.29, 0.717) is 0 Å². The highest BCUT2D eigenvalue weighted by atomic mass is 16.5. The summed E-state index contributed by atoms with van der Waals surface area (Å²) in [7, 11) is 0. The Morgan fingerprint density at radius 1 is 1.08 bits per heavy atom. The minimum absolute atomic E-state index is 0.0318. The molecule has 26 heavy (non-hydrogen) atoms. The Morgan fingerprint density at radius 3 is 2.23 bits per heavy atom. The van der Waals surface area contributed by atoms with Crippen LogP contribution in [0.5, 0.6) is 0 Å². The molecule has 138 valence electrons. The van der Waals surface area contributed by atoms with Gasteiger partial charge >= 0.3 is 5.97 Å². The molecule has 1 N–H and O–H groups in total. The topological polar surface area (TPSA) is 55.4 Å². The number of aryl methyl sites for hydroxylation is 1. The van der Waals surface area contributed by atoms with Crippen molar-refractivity contribution in [1.29, 1.82) is 0 Å². The monoisotopic (exact) mass is 353 g/mol. The lowest BCUT2D eigenvalue weighted by Crippen LogP contribution is -2.60. The second kappa shape index (κ2) is 6.90. The molecule has 0 atom stereocenters. The van der Waals surface area contributed by atoms with Gasteiger partial charge < -0.3 is 10.1 Å². The van der Waals surface area contributed by atoms with Crippen LogP contribution in [0.25, 0.3) is 6.08 Å². The molecule has 0 unspecified atom stereocenters. The molecule has 5 rings (SSSR count). The van der Waals surface area contributed by atoms with Crippen LogP contribution in [0.1, 0.15) is 49.7 Å². The molecule has 4 aliphatic rings. The van der Waals surface area contributed by atoms with Crippen LogP contribution in [-0.2, 0) is 14.3 Å². The maximum atomic E-state index is 12.3. The number of hydrogen-bond donors (Lipinski definition) is 1. The summed E-state index contributed by atoms with van der Waals surface area (Å²) < 4.78 is 5.13. The first-order chi connectivity index (χ1) is 12.5. The summed E-state index contributed by atoms with van der Waals surface area (Å²) in [5.74, 6) is 1.69. The third-order valence-electron chi connectivity index (χ3n) is 6.28. The molecule has 0 saturated heterocycles. The zero-order chi connectivity index (χ0) is 18.1. The third kappa shape index (κ3) is 3.84. The van der Waals surface area contributed by atoms with Gasteiger partial charge in [0, 0.05) is 11.6 Å². The van der Waals surface area contributed by atoms with Gasteiger partial charge in [-0.3, -0.25) is 4.79 Å². The van der Waals surface area contributed by atoms with E-state index in [1.165, 1.54) is 30.9 Å². The lowest BCUT2D eigenvalue weighted by molar-refractivity contribution is -0.145. The smallest absolute Gasteiger partial charge is 0.331 e. The predicted molar refractivity (Wildman–Crippen MR) is 100 cm³/mol. The highest BCUT2D eigenvalue weighted by molar-refractivity contribution is 5.89. The number of amides is 1. The summed E-state index contributed by atoms with van der Waals surface area (Å²) in [5.41, 5.74) is 2.08. The third-order valence-corrected chi connectivity index (χ3v) is 6.28. The average molecular weight is 353 g/mol. The number of nitrogens with one attached hydrogen (secondary N) is 1. The van der Waals surface area contributed by atoms with Gasteiger partial charge in [-0.1, -0.05) is 29.8 Å². The van der Waals surface area contributed by atoms with Crippen molar-refractivity contribution < 1.29 is 14.3 Å². The summed E-state index contributed by atoms with van der Waals surface area (Å²) in [6.45, 7) is 1.82. The zero-order valence-corrected chi connectivity index (χ0v) is 15.4. The molecule has 4 aliphatic carbocycles. The first-order valence-electron chi connectivity index (χ1n) is 9.72. The molecule has 0 aromatic heterocycles. The van der Waals surface area contributed by atoms with E-state index in [4.69, 9.17) is 4.74 Å². The van der Waals surface area contributed by atoms with Crippen LogP contribution in [0.15, 0.2) is 30.3 Å². The molecule has 4 heteroatoms. The summed E-state index contributed by atoms with van der Waals surface area (Å²) in [6.07, 6.45) is 10.4. The van der Waals surface area contributed by atoms with Gasteiger partial charge in [0.2, 0.25) is 0 Å². The lowest BCUT2D eigenvalue weighted by atomic mass is 9.53. The van der Waals surface area contributed by atoms with Crippen molar-refractivity contribution in [2.45, 2.75) is 51.0 Å². The second-order valence-corrected chi connectivity index (χ2v) is 8.60. The van der Waals surface area contributed by atoms with E-state index in [0.717, 1.165) is 42.6 Å². The van der Waals surface area contributed by atoms with Crippen molar-refractivity contribution in [3.8, 4) is 0 Å². The van der Waals surface area contributed by atoms with E-state index >= 15 is 0 Å². The molecule has 4 fully saturated rings. The molecule has 0 spiro atoms. The van der Waals surface area contributed by atoms with Crippen LogP contribution < -0.4 is 5.32 Å². The van der Waals surface area contributed by atoms with E-state index in [-0.39, 0.29) is 18.1 Å². The molecular weight excluding hydrogens is 326 g/mol. The molecule has 1 amide bonds. The maximum Gasteiger partial charge on any atom is 0.331 e. The van der Waals surface area contributed by atoms with E-state index in [1.807, 2.05) is 31.2 Å². The molecule has 1 aromatic rings. The first kappa shape index (κ1) is 17.3. The molecule has 4 saturated carbocycles. The summed E-state index contributed by atoms with van der Waals surface area (Å²) in [4.78, 5) is 24.2. The van der Waals surface area contributed by atoms with E-state index < -0.39 is 5.97 Å². The first-order valence-corrected chi connectivity index (χ1v) is 9.72. The number of hydrogen-bond acceptors (Lipinski definition) is 3. The molecule has 1 aromatic carbocycles.